The molecule has 25 heavy (non-hydrogen) atoms. The van der Waals surface area contributed by atoms with Crippen molar-refractivity contribution in [2.45, 2.75) is 42.9 Å². The molecule has 0 amide bonds. The van der Waals surface area contributed by atoms with Crippen LogP contribution in [0.4, 0.5) is 0 Å². The van der Waals surface area contributed by atoms with Gasteiger partial charge < -0.3 is 4.84 Å². The van der Waals surface area contributed by atoms with E-state index < -0.39 is 5.97 Å². The first-order chi connectivity index (χ1) is 12.1. The van der Waals surface area contributed by atoms with E-state index in [0.717, 1.165) is 22.6 Å². The molecule has 130 valence electrons. The highest BCUT2D eigenvalue weighted by Crippen LogP contribution is 2.27. The topological polar surface area (TPSA) is 55.7 Å². The molecule has 0 aliphatic heterocycles. The Morgan fingerprint density at radius 3 is 2.24 bits per heavy atom. The summed E-state index contributed by atoms with van der Waals surface area (Å²) in [7, 11) is 0. The second-order valence-electron chi connectivity index (χ2n) is 5.49. The molecule has 0 aliphatic rings. The molecule has 0 aromatic heterocycles. The number of Topliss-reactive ketones (excluding diaryl/α,β-unsaturated/α-hetero) is 1. The lowest BCUT2D eigenvalue weighted by Gasteiger charge is -2.06. The molecule has 0 aliphatic carbocycles. The van der Waals surface area contributed by atoms with Gasteiger partial charge in [0.15, 0.2) is 0 Å². The molecule has 0 atom stereocenters. The van der Waals surface area contributed by atoms with E-state index in [1.165, 1.54) is 6.92 Å². The standard InChI is InChI=1S/C20H21NO3S/c1-3-4-10-19(21-24-15(2)22)20(23)16-11-13-18(14-12-16)25-17-8-6-5-7-9-17/h5-9,11-14H,3-4,10H2,1-2H3. The van der Waals surface area contributed by atoms with Crippen molar-refractivity contribution in [2.75, 3.05) is 0 Å². The summed E-state index contributed by atoms with van der Waals surface area (Å²) in [5, 5.41) is 3.74. The van der Waals surface area contributed by atoms with Crippen LogP contribution in [0.1, 0.15) is 43.5 Å². The van der Waals surface area contributed by atoms with Gasteiger partial charge in [-0.25, -0.2) is 4.79 Å². The number of ketones is 1. The molecular formula is C20H21NO3S. The number of hydrogen-bond donors (Lipinski definition) is 0. The van der Waals surface area contributed by atoms with Crippen LogP contribution < -0.4 is 0 Å². The average Bonchev–Trinajstić information content (AvgIpc) is 2.62. The molecule has 0 bridgehead atoms. The summed E-state index contributed by atoms with van der Waals surface area (Å²) in [5.41, 5.74) is 0.819. The van der Waals surface area contributed by atoms with Crippen molar-refractivity contribution in [3.63, 3.8) is 0 Å². The highest BCUT2D eigenvalue weighted by Gasteiger charge is 2.15. The number of carbonyl (C=O) groups excluding carboxylic acids is 2. The normalized spacial score (nSPS) is 11.2. The van der Waals surface area contributed by atoms with E-state index in [0.29, 0.717) is 12.0 Å². The van der Waals surface area contributed by atoms with E-state index in [1.807, 2.05) is 49.4 Å². The van der Waals surface area contributed by atoms with Crippen LogP contribution in [-0.2, 0) is 9.63 Å². The fourth-order valence-corrected chi connectivity index (χ4v) is 2.97. The fraction of sp³-hybridized carbons (Fsp3) is 0.250. The predicted molar refractivity (Wildman–Crippen MR) is 100 cm³/mol. The van der Waals surface area contributed by atoms with Crippen molar-refractivity contribution < 1.29 is 14.4 Å². The molecule has 2 aromatic rings. The summed E-state index contributed by atoms with van der Waals surface area (Å²) in [6.07, 6.45) is 2.23. The third kappa shape index (κ3) is 6.19. The molecule has 0 saturated heterocycles. The molecule has 0 saturated carbocycles. The van der Waals surface area contributed by atoms with Gasteiger partial charge in [-0.15, -0.1) is 0 Å². The molecule has 0 unspecified atom stereocenters. The summed E-state index contributed by atoms with van der Waals surface area (Å²) >= 11 is 1.63. The van der Waals surface area contributed by atoms with E-state index in [9.17, 15) is 9.59 Å². The lowest BCUT2D eigenvalue weighted by Crippen LogP contribution is -2.15. The van der Waals surface area contributed by atoms with Gasteiger partial charge in [-0.1, -0.05) is 48.5 Å². The Hall–Kier alpha value is -2.40. The zero-order chi connectivity index (χ0) is 18.1. The Labute approximate surface area is 152 Å². The number of hydrogen-bond acceptors (Lipinski definition) is 5. The first kappa shape index (κ1) is 18.9. The number of unbranched alkanes of at least 4 members (excludes halogenated alkanes) is 1. The Bertz CT molecular complexity index is 739. The van der Waals surface area contributed by atoms with Gasteiger partial charge in [0.1, 0.15) is 5.71 Å². The molecule has 0 fully saturated rings. The molecule has 2 aromatic carbocycles. The summed E-state index contributed by atoms with van der Waals surface area (Å²) in [5.74, 6) is -0.734. The SMILES string of the molecule is CCCCC(=NOC(C)=O)C(=O)c1ccc(Sc2ccccc2)cc1. The molecule has 2 rings (SSSR count). The maximum atomic E-state index is 12.6. The predicted octanol–water partition coefficient (Wildman–Crippen LogP) is 5.13. The van der Waals surface area contributed by atoms with Gasteiger partial charge in [-0.3, -0.25) is 4.79 Å². The van der Waals surface area contributed by atoms with E-state index in [-0.39, 0.29) is 11.5 Å². The molecule has 5 heteroatoms. The van der Waals surface area contributed by atoms with Crippen LogP contribution in [0.5, 0.6) is 0 Å². The van der Waals surface area contributed by atoms with Crippen molar-refractivity contribution in [1.82, 2.24) is 0 Å². The lowest BCUT2D eigenvalue weighted by atomic mass is 10.0. The van der Waals surface area contributed by atoms with Gasteiger partial charge in [0.05, 0.1) is 0 Å². The second kappa shape index (κ2) is 9.79. The maximum Gasteiger partial charge on any atom is 0.331 e. The van der Waals surface area contributed by atoms with Crippen LogP contribution >= 0.6 is 11.8 Å². The largest absolute Gasteiger partial charge is 0.331 e. The minimum absolute atomic E-state index is 0.203. The summed E-state index contributed by atoms with van der Waals surface area (Å²) in [6, 6.07) is 17.4. The van der Waals surface area contributed by atoms with Gasteiger partial charge in [0.2, 0.25) is 5.78 Å². The van der Waals surface area contributed by atoms with Crippen LogP contribution in [0.2, 0.25) is 0 Å². The molecule has 0 N–H and O–H groups in total. The Morgan fingerprint density at radius 1 is 1.00 bits per heavy atom. The number of benzene rings is 2. The molecule has 0 radical (unpaired) electrons. The minimum atomic E-state index is -0.531. The molecule has 4 nitrogen and oxygen atoms in total. The number of rotatable bonds is 8. The van der Waals surface area contributed by atoms with Crippen LogP contribution in [0, 0.1) is 0 Å². The van der Waals surface area contributed by atoms with Gasteiger partial charge in [0, 0.05) is 22.3 Å². The first-order valence-electron chi connectivity index (χ1n) is 8.22. The van der Waals surface area contributed by atoms with Crippen molar-refractivity contribution in [3.05, 3.63) is 60.2 Å². The summed E-state index contributed by atoms with van der Waals surface area (Å²) < 4.78 is 0. The molecular weight excluding hydrogens is 334 g/mol. The third-order valence-corrected chi connectivity index (χ3v) is 4.42. The monoisotopic (exact) mass is 355 g/mol. The van der Waals surface area contributed by atoms with Gasteiger partial charge in [0.25, 0.3) is 0 Å². The zero-order valence-corrected chi connectivity index (χ0v) is 15.2. The van der Waals surface area contributed by atoms with E-state index >= 15 is 0 Å². The number of carbonyl (C=O) groups is 2. The summed E-state index contributed by atoms with van der Waals surface area (Å²) in [6.45, 7) is 3.30. The number of oxime groups is 1. The fourth-order valence-electron chi connectivity index (χ4n) is 2.13. The highest BCUT2D eigenvalue weighted by atomic mass is 32.2. The van der Waals surface area contributed by atoms with Crippen molar-refractivity contribution in [1.29, 1.82) is 0 Å². The third-order valence-electron chi connectivity index (χ3n) is 3.41. The first-order valence-corrected chi connectivity index (χ1v) is 9.04. The van der Waals surface area contributed by atoms with Crippen LogP contribution in [0.3, 0.4) is 0 Å². The van der Waals surface area contributed by atoms with E-state index in [2.05, 4.69) is 9.99 Å². The van der Waals surface area contributed by atoms with Crippen LogP contribution in [0.15, 0.2) is 69.5 Å². The molecule has 0 heterocycles. The highest BCUT2D eigenvalue weighted by molar-refractivity contribution is 7.99. The van der Waals surface area contributed by atoms with E-state index in [1.54, 1.807) is 23.9 Å². The lowest BCUT2D eigenvalue weighted by molar-refractivity contribution is -0.140. The quantitative estimate of drug-likeness (QED) is 0.285. The van der Waals surface area contributed by atoms with Gasteiger partial charge >= 0.3 is 5.97 Å². The minimum Gasteiger partial charge on any atom is -0.318 e. The van der Waals surface area contributed by atoms with Crippen molar-refractivity contribution in [3.8, 4) is 0 Å². The Kier molecular flexibility index (Phi) is 7.41. The Balaban J connectivity index is 2.11. The van der Waals surface area contributed by atoms with Gasteiger partial charge in [-0.05, 0) is 49.2 Å². The van der Waals surface area contributed by atoms with E-state index in [4.69, 9.17) is 0 Å². The van der Waals surface area contributed by atoms with Crippen LogP contribution in [0.25, 0.3) is 0 Å². The molecule has 0 spiro atoms. The van der Waals surface area contributed by atoms with Crippen molar-refractivity contribution in [2.24, 2.45) is 5.16 Å². The smallest absolute Gasteiger partial charge is 0.318 e. The van der Waals surface area contributed by atoms with Crippen LogP contribution in [-0.4, -0.2) is 17.5 Å². The number of nitrogens with zero attached hydrogens (tertiary/aromatic N) is 1. The maximum absolute atomic E-state index is 12.6. The van der Waals surface area contributed by atoms with Crippen molar-refractivity contribution >= 4 is 29.2 Å². The second-order valence-corrected chi connectivity index (χ2v) is 6.64. The summed E-state index contributed by atoms with van der Waals surface area (Å²) in [4.78, 5) is 30.4. The average molecular weight is 355 g/mol. The van der Waals surface area contributed by atoms with Gasteiger partial charge in [-0.2, -0.15) is 0 Å². The zero-order valence-electron chi connectivity index (χ0n) is 14.4. The Morgan fingerprint density at radius 2 is 1.64 bits per heavy atom.